The van der Waals surface area contributed by atoms with Gasteiger partial charge in [-0.05, 0) is 0 Å². The van der Waals surface area contributed by atoms with E-state index in [1.54, 1.807) is 0 Å². The van der Waals surface area contributed by atoms with Gasteiger partial charge in [0.05, 0.1) is 19.8 Å². The summed E-state index contributed by atoms with van der Waals surface area (Å²) in [5.74, 6) is 0.481. The zero-order valence-electron chi connectivity index (χ0n) is 7.38. The average molecular weight is 213 g/mol. The van der Waals surface area contributed by atoms with Gasteiger partial charge < -0.3 is 13.6 Å². The van der Waals surface area contributed by atoms with Crippen molar-refractivity contribution in [2.45, 2.75) is 13.8 Å². The highest BCUT2D eigenvalue weighted by atomic mass is 35.5. The van der Waals surface area contributed by atoms with Gasteiger partial charge in [0.2, 0.25) is 0 Å². The predicted molar refractivity (Wildman–Crippen MR) is 49.3 cm³/mol. The van der Waals surface area contributed by atoms with Gasteiger partial charge in [0, 0.05) is 11.3 Å². The van der Waals surface area contributed by atoms with Crippen LogP contribution in [-0.2, 0) is 13.6 Å². The van der Waals surface area contributed by atoms with Crippen LogP contribution >= 0.6 is 20.2 Å². The highest BCUT2D eigenvalue weighted by Gasteiger charge is 2.29. The molecule has 0 saturated carbocycles. The van der Waals surface area contributed by atoms with Crippen molar-refractivity contribution >= 4 is 20.2 Å². The minimum Gasteiger partial charge on any atom is -0.312 e. The number of hydrogen-bond acceptors (Lipinski definition) is 3. The Morgan fingerprint density at radius 3 is 2.50 bits per heavy atom. The van der Waals surface area contributed by atoms with Crippen LogP contribution < -0.4 is 0 Å². The van der Waals surface area contributed by atoms with Crippen molar-refractivity contribution in [2.24, 2.45) is 5.41 Å². The molecule has 0 aromatic carbocycles. The van der Waals surface area contributed by atoms with Crippen molar-refractivity contribution in [3.05, 3.63) is 0 Å². The summed E-state index contributed by atoms with van der Waals surface area (Å²) in [6.45, 7) is 6.08. The minimum atomic E-state index is -1.12. The lowest BCUT2D eigenvalue weighted by atomic mass is 9.97. The van der Waals surface area contributed by atoms with Crippen molar-refractivity contribution in [2.75, 3.05) is 25.7 Å². The van der Waals surface area contributed by atoms with Crippen molar-refractivity contribution in [1.82, 2.24) is 0 Å². The number of alkyl halides is 1. The summed E-state index contributed by atoms with van der Waals surface area (Å²) in [6, 6.07) is 0. The van der Waals surface area contributed by atoms with Gasteiger partial charge in [-0.3, -0.25) is 0 Å². The smallest absolute Gasteiger partial charge is 0.312 e. The third-order valence-corrected chi connectivity index (χ3v) is 2.62. The van der Waals surface area contributed by atoms with Crippen molar-refractivity contribution in [3.8, 4) is 0 Å². The molecule has 3 nitrogen and oxygen atoms in total. The molecule has 1 heterocycles. The van der Waals surface area contributed by atoms with E-state index in [0.29, 0.717) is 25.7 Å². The summed E-state index contributed by atoms with van der Waals surface area (Å²) >= 11 is 5.45. The van der Waals surface area contributed by atoms with Crippen LogP contribution in [0.2, 0.25) is 0 Å². The fraction of sp³-hybridized carbons (Fsp3) is 1.00. The molecular weight excluding hydrogens is 199 g/mol. The summed E-state index contributed by atoms with van der Waals surface area (Å²) in [5, 5.41) is 0. The number of halogens is 1. The maximum atomic E-state index is 5.45. The second-order valence-corrected chi connectivity index (χ2v) is 5.06. The minimum absolute atomic E-state index is 0.114. The van der Waals surface area contributed by atoms with Crippen LogP contribution in [-0.4, -0.2) is 25.7 Å². The van der Waals surface area contributed by atoms with Gasteiger partial charge in [-0.15, -0.1) is 11.6 Å². The lowest BCUT2D eigenvalue weighted by Gasteiger charge is -2.32. The Morgan fingerprint density at radius 2 is 2.00 bits per heavy atom. The average Bonchev–Trinajstić information content (AvgIpc) is 2.03. The molecule has 1 aliphatic rings. The standard InChI is InChI=1S/C7H14ClO3P/c1-7(2)5-10-12(11-6-7)9-4-3-8/h3-6H2,1-2H3. The molecule has 0 atom stereocenters. The first-order chi connectivity index (χ1) is 5.64. The van der Waals surface area contributed by atoms with E-state index in [2.05, 4.69) is 13.8 Å². The highest BCUT2D eigenvalue weighted by molar-refractivity contribution is 7.41. The zero-order chi connectivity index (χ0) is 9.03. The van der Waals surface area contributed by atoms with Crippen molar-refractivity contribution in [1.29, 1.82) is 0 Å². The van der Waals surface area contributed by atoms with Crippen LogP contribution in [0.25, 0.3) is 0 Å². The maximum absolute atomic E-state index is 5.45. The topological polar surface area (TPSA) is 27.7 Å². The Balaban J connectivity index is 2.18. The van der Waals surface area contributed by atoms with Crippen molar-refractivity contribution in [3.63, 3.8) is 0 Å². The van der Waals surface area contributed by atoms with E-state index in [0.717, 1.165) is 0 Å². The lowest BCUT2D eigenvalue weighted by molar-refractivity contribution is 0.0294. The lowest BCUT2D eigenvalue weighted by Crippen LogP contribution is -2.28. The second-order valence-electron chi connectivity index (χ2n) is 3.46. The van der Waals surface area contributed by atoms with Gasteiger partial charge in [0.25, 0.3) is 0 Å². The Kier molecular flexibility index (Phi) is 4.21. The molecule has 12 heavy (non-hydrogen) atoms. The zero-order valence-corrected chi connectivity index (χ0v) is 9.03. The van der Waals surface area contributed by atoms with Gasteiger partial charge in [0.15, 0.2) is 0 Å². The van der Waals surface area contributed by atoms with Gasteiger partial charge >= 0.3 is 8.60 Å². The molecule has 1 rings (SSSR count). The first-order valence-electron chi connectivity index (χ1n) is 3.89. The van der Waals surface area contributed by atoms with Crippen LogP contribution in [0, 0.1) is 5.41 Å². The van der Waals surface area contributed by atoms with Gasteiger partial charge in [-0.2, -0.15) is 0 Å². The second kappa shape index (κ2) is 4.73. The van der Waals surface area contributed by atoms with E-state index in [-0.39, 0.29) is 5.41 Å². The fourth-order valence-electron chi connectivity index (χ4n) is 0.717. The monoisotopic (exact) mass is 212 g/mol. The quantitative estimate of drug-likeness (QED) is 0.532. The summed E-state index contributed by atoms with van der Waals surface area (Å²) in [7, 11) is -1.12. The van der Waals surface area contributed by atoms with E-state index < -0.39 is 8.60 Å². The SMILES string of the molecule is CC1(C)COP(OCCCl)OC1. The van der Waals surface area contributed by atoms with Crippen LogP contribution in [0.5, 0.6) is 0 Å². The fourth-order valence-corrected chi connectivity index (χ4v) is 2.28. The van der Waals surface area contributed by atoms with Gasteiger partial charge in [-0.1, -0.05) is 13.8 Å². The summed E-state index contributed by atoms with van der Waals surface area (Å²) in [6.07, 6.45) is 0. The van der Waals surface area contributed by atoms with Gasteiger partial charge in [0.1, 0.15) is 0 Å². The first kappa shape index (κ1) is 10.7. The molecule has 0 aromatic heterocycles. The molecule has 0 aliphatic carbocycles. The predicted octanol–water partition coefficient (Wildman–Crippen LogP) is 2.54. The molecule has 0 aromatic rings. The Morgan fingerprint density at radius 1 is 1.42 bits per heavy atom. The van der Waals surface area contributed by atoms with Crippen molar-refractivity contribution < 1.29 is 13.6 Å². The normalized spacial score (nSPS) is 24.2. The Hall–Kier alpha value is 0.600. The molecule has 72 valence electrons. The van der Waals surface area contributed by atoms with Crippen LogP contribution in [0.15, 0.2) is 0 Å². The van der Waals surface area contributed by atoms with Gasteiger partial charge in [-0.25, -0.2) is 0 Å². The van der Waals surface area contributed by atoms with E-state index in [1.807, 2.05) is 0 Å². The molecule has 5 heteroatoms. The third kappa shape index (κ3) is 3.55. The molecule has 0 unspecified atom stereocenters. The number of hydrogen-bond donors (Lipinski definition) is 0. The highest BCUT2D eigenvalue weighted by Crippen LogP contribution is 2.46. The summed E-state index contributed by atoms with van der Waals surface area (Å²) in [5.41, 5.74) is 0.114. The van der Waals surface area contributed by atoms with E-state index in [1.165, 1.54) is 0 Å². The van der Waals surface area contributed by atoms with Crippen LogP contribution in [0.4, 0.5) is 0 Å². The first-order valence-corrected chi connectivity index (χ1v) is 5.52. The molecule has 0 radical (unpaired) electrons. The molecule has 0 spiro atoms. The number of rotatable bonds is 3. The maximum Gasteiger partial charge on any atom is 0.332 e. The molecule has 1 saturated heterocycles. The van der Waals surface area contributed by atoms with E-state index >= 15 is 0 Å². The molecule has 1 aliphatic heterocycles. The van der Waals surface area contributed by atoms with Crippen LogP contribution in [0.3, 0.4) is 0 Å². The third-order valence-electron chi connectivity index (χ3n) is 1.40. The molecule has 0 bridgehead atoms. The summed E-state index contributed by atoms with van der Waals surface area (Å²) in [4.78, 5) is 0. The molecule has 1 fully saturated rings. The van der Waals surface area contributed by atoms with E-state index in [4.69, 9.17) is 25.2 Å². The molecule has 0 amide bonds. The summed E-state index contributed by atoms with van der Waals surface area (Å²) < 4.78 is 15.9. The Bertz CT molecular complexity index is 133. The molecule has 0 N–H and O–H groups in total. The van der Waals surface area contributed by atoms with E-state index in [9.17, 15) is 0 Å². The van der Waals surface area contributed by atoms with Crippen LogP contribution in [0.1, 0.15) is 13.8 Å². The molecular formula is C7H14ClO3P. The Labute approximate surface area is 79.3 Å². The largest absolute Gasteiger partial charge is 0.332 e.